The third-order valence-corrected chi connectivity index (χ3v) is 11.8. The molecule has 2 aromatic carbocycles. The van der Waals surface area contributed by atoms with E-state index in [4.69, 9.17) is 47.4 Å². The minimum atomic E-state index is -1.79. The molecule has 6 rings (SSSR count). The van der Waals surface area contributed by atoms with Crippen LogP contribution in [0.15, 0.2) is 36.4 Å². The molecule has 2 aliphatic rings. The van der Waals surface area contributed by atoms with Crippen molar-refractivity contribution >= 4 is 92.7 Å². The van der Waals surface area contributed by atoms with Crippen LogP contribution in [0.2, 0.25) is 0 Å². The lowest BCUT2D eigenvalue weighted by Gasteiger charge is -2.43. The highest BCUT2D eigenvalue weighted by molar-refractivity contribution is 6.05. The first-order chi connectivity index (χ1) is 34.4. The van der Waals surface area contributed by atoms with Crippen LogP contribution in [0.5, 0.6) is 0 Å². The molecule has 4 N–H and O–H groups in total. The van der Waals surface area contributed by atoms with Gasteiger partial charge in [0.2, 0.25) is 24.8 Å². The predicted octanol–water partition coefficient (Wildman–Crippen LogP) is 3.85. The van der Waals surface area contributed by atoms with E-state index in [1.165, 1.54) is 0 Å². The van der Waals surface area contributed by atoms with E-state index in [0.29, 0.717) is 28.2 Å². The van der Waals surface area contributed by atoms with Crippen molar-refractivity contribution in [1.82, 2.24) is 9.97 Å². The third kappa shape index (κ3) is 12.3. The van der Waals surface area contributed by atoms with Crippen molar-refractivity contribution in [3.63, 3.8) is 0 Å². The smallest absolute Gasteiger partial charge is 0.305 e. The van der Waals surface area contributed by atoms with Crippen LogP contribution in [0.3, 0.4) is 0 Å². The van der Waals surface area contributed by atoms with Crippen LogP contribution in [-0.4, -0.2) is 131 Å². The topological polar surface area (TPSA) is 319 Å². The molecule has 0 spiro atoms. The van der Waals surface area contributed by atoms with Crippen molar-refractivity contribution < 1.29 is 95.3 Å². The van der Waals surface area contributed by atoms with Crippen molar-refractivity contribution in [2.75, 3.05) is 10.6 Å². The molecular formula is C49H56N4O20. The number of carbonyl (C=O) groups is 10. The Morgan fingerprint density at radius 3 is 1.07 bits per heavy atom. The highest BCUT2D eigenvalue weighted by Gasteiger charge is 2.57. The molecule has 10 atom stereocenters. The molecule has 2 amide bonds. The number of benzene rings is 2. The van der Waals surface area contributed by atoms with Gasteiger partial charge in [0.15, 0.2) is 36.6 Å². The second-order valence-corrected chi connectivity index (χ2v) is 17.2. The molecule has 2 aromatic heterocycles. The minimum absolute atomic E-state index is 0.244. The van der Waals surface area contributed by atoms with Gasteiger partial charge in [-0.25, -0.2) is 0 Å². The van der Waals surface area contributed by atoms with E-state index in [0.717, 1.165) is 77.9 Å². The molecule has 2 fully saturated rings. The van der Waals surface area contributed by atoms with Gasteiger partial charge in [0.25, 0.3) is 11.8 Å². The van der Waals surface area contributed by atoms with E-state index in [1.54, 1.807) is 24.3 Å². The molecular weight excluding hydrogens is 965 g/mol. The highest BCUT2D eigenvalue weighted by Crippen LogP contribution is 2.41. The number of aromatic nitrogens is 2. The zero-order chi connectivity index (χ0) is 53.7. The van der Waals surface area contributed by atoms with Crippen molar-refractivity contribution in [1.29, 1.82) is 0 Å². The summed E-state index contributed by atoms with van der Waals surface area (Å²) in [7, 11) is 0. The van der Waals surface area contributed by atoms with E-state index >= 15 is 0 Å². The van der Waals surface area contributed by atoms with Crippen LogP contribution in [0.25, 0.3) is 21.8 Å². The number of amides is 2. The standard InChI is InChI=1S/C49H56N4O20/c1-12-29(34-19(2)30-15-13-17-32(36(30)52-34)50-46(62)42-38(64-21(4)54)40(66-23(6)56)44(68-25(8)58)48(72-42)70-27(10)60)35-20(3)31-16-14-18-33(37(31)53-35)51-47(63)43-39(65-22(5)55)41(67-24(7)57)45(69-26(9)59)49(73-43)71-28(11)61/h13-18,29,38-45,48-49,52-53H,12H2,1-11H3,(H,50,62)(H,51,63)/t38-,39-,40-,41-,42-,43-,44+,45+,48+,49+/m0/s1. The molecule has 4 heterocycles. The second-order valence-electron chi connectivity index (χ2n) is 17.2. The largest absolute Gasteiger partial charge is 0.455 e. The van der Waals surface area contributed by atoms with Crippen LogP contribution >= 0.6 is 0 Å². The lowest BCUT2D eigenvalue weighted by Crippen LogP contribution is -2.64. The number of rotatable bonds is 15. The lowest BCUT2D eigenvalue weighted by atomic mass is 9.92. The summed E-state index contributed by atoms with van der Waals surface area (Å²) >= 11 is 0. The molecule has 0 aliphatic carbocycles. The fourth-order valence-corrected chi connectivity index (χ4v) is 9.10. The first-order valence-corrected chi connectivity index (χ1v) is 22.9. The van der Waals surface area contributed by atoms with Gasteiger partial charge in [-0.15, -0.1) is 0 Å². The molecule has 73 heavy (non-hydrogen) atoms. The molecule has 24 nitrogen and oxygen atoms in total. The normalized spacial score (nSPS) is 23.6. The number of esters is 8. The fraction of sp³-hybridized carbons (Fsp3) is 0.469. The summed E-state index contributed by atoms with van der Waals surface area (Å²) in [4.78, 5) is 134. The molecule has 0 saturated carbocycles. The average molecular weight is 1020 g/mol. The van der Waals surface area contributed by atoms with Gasteiger partial charge in [0.05, 0.1) is 22.4 Å². The summed E-state index contributed by atoms with van der Waals surface area (Å²) in [5.74, 6) is -9.36. The molecule has 0 bridgehead atoms. The highest BCUT2D eigenvalue weighted by atomic mass is 16.8. The minimum Gasteiger partial charge on any atom is -0.455 e. The van der Waals surface area contributed by atoms with Crippen LogP contribution in [0.1, 0.15) is 97.2 Å². The van der Waals surface area contributed by atoms with Crippen LogP contribution in [0, 0.1) is 13.8 Å². The first kappa shape index (κ1) is 54.5. The monoisotopic (exact) mass is 1020 g/mol. The first-order valence-electron chi connectivity index (χ1n) is 22.9. The average Bonchev–Trinajstić information content (AvgIpc) is 3.80. The second kappa shape index (κ2) is 22.7. The van der Waals surface area contributed by atoms with Gasteiger partial charge in [-0.3, -0.25) is 47.9 Å². The van der Waals surface area contributed by atoms with Gasteiger partial charge in [0.1, 0.15) is 0 Å². The third-order valence-electron chi connectivity index (χ3n) is 11.8. The number of carbonyl (C=O) groups excluding carboxylic acids is 10. The molecule has 4 aromatic rings. The Kier molecular flexibility index (Phi) is 16.9. The maximum Gasteiger partial charge on any atom is 0.305 e. The number of para-hydroxylation sites is 2. The number of hydrogen-bond donors (Lipinski definition) is 4. The number of aromatic amines is 2. The van der Waals surface area contributed by atoms with E-state index in [1.807, 2.05) is 32.9 Å². The van der Waals surface area contributed by atoms with Gasteiger partial charge in [0, 0.05) is 83.5 Å². The molecule has 0 unspecified atom stereocenters. The van der Waals surface area contributed by atoms with Crippen molar-refractivity contribution in [3.05, 3.63) is 58.9 Å². The van der Waals surface area contributed by atoms with E-state index in [2.05, 4.69) is 20.6 Å². The molecule has 2 saturated heterocycles. The zero-order valence-corrected chi connectivity index (χ0v) is 41.7. The van der Waals surface area contributed by atoms with Crippen molar-refractivity contribution in [3.8, 4) is 0 Å². The van der Waals surface area contributed by atoms with Crippen LogP contribution < -0.4 is 10.6 Å². The molecule has 2 aliphatic heterocycles. The number of ether oxygens (including phenoxy) is 10. The molecule has 24 heteroatoms. The quantitative estimate of drug-likeness (QED) is 0.0970. The molecule has 392 valence electrons. The lowest BCUT2D eigenvalue weighted by molar-refractivity contribution is -0.289. The SMILES string of the molecule is CCC(c1[nH]c2c(NC(=O)[C@H]3O[C@@H](OC(C)=O)[C@H](OC(C)=O)[C@@H](OC(C)=O)[C@@H]3OC(C)=O)cccc2c1C)c1[nH]c2c(NC(=O)[C@H]3O[C@@H](OC(C)=O)[C@H](OC(C)=O)[C@@H](OC(C)=O)[C@@H]3OC(C)=O)cccc2c1C. The summed E-state index contributed by atoms with van der Waals surface area (Å²) in [5, 5.41) is 7.00. The number of fused-ring (bicyclic) bond motifs is 2. The number of H-pyrrole nitrogens is 2. The Labute approximate surface area is 416 Å². The summed E-state index contributed by atoms with van der Waals surface area (Å²) in [5.41, 5.74) is 4.49. The van der Waals surface area contributed by atoms with Gasteiger partial charge in [-0.05, 0) is 43.5 Å². The molecule has 0 radical (unpaired) electrons. The Morgan fingerprint density at radius 2 is 0.767 bits per heavy atom. The van der Waals surface area contributed by atoms with Gasteiger partial charge < -0.3 is 68.0 Å². The maximum absolute atomic E-state index is 14.3. The van der Waals surface area contributed by atoms with Crippen LogP contribution in [0.4, 0.5) is 11.4 Å². The maximum atomic E-state index is 14.3. The van der Waals surface area contributed by atoms with E-state index in [9.17, 15) is 47.9 Å². The number of hydrogen-bond acceptors (Lipinski definition) is 20. The number of aryl methyl sites for hydroxylation is 2. The predicted molar refractivity (Wildman–Crippen MR) is 250 cm³/mol. The summed E-state index contributed by atoms with van der Waals surface area (Å²) < 4.78 is 54.8. The van der Waals surface area contributed by atoms with Crippen molar-refractivity contribution in [2.24, 2.45) is 0 Å². The fourth-order valence-electron chi connectivity index (χ4n) is 9.10. The van der Waals surface area contributed by atoms with Crippen molar-refractivity contribution in [2.45, 2.75) is 150 Å². The van der Waals surface area contributed by atoms with Gasteiger partial charge in [-0.1, -0.05) is 31.2 Å². The van der Waals surface area contributed by atoms with E-state index < -0.39 is 121 Å². The van der Waals surface area contributed by atoms with E-state index in [-0.39, 0.29) is 17.3 Å². The summed E-state index contributed by atoms with van der Waals surface area (Å²) in [6.07, 6.45) is -16.6. The number of anilines is 2. The van der Waals surface area contributed by atoms with Crippen LogP contribution in [-0.2, 0) is 95.3 Å². The Bertz CT molecular complexity index is 2660. The van der Waals surface area contributed by atoms with Gasteiger partial charge in [-0.2, -0.15) is 0 Å². The summed E-state index contributed by atoms with van der Waals surface area (Å²) in [6, 6.07) is 10.3. The Balaban J connectivity index is 1.35. The summed E-state index contributed by atoms with van der Waals surface area (Å²) in [6.45, 7) is 14.1. The number of nitrogens with one attached hydrogen (secondary N) is 4. The van der Waals surface area contributed by atoms with Gasteiger partial charge >= 0.3 is 47.8 Å². The Morgan fingerprint density at radius 1 is 0.466 bits per heavy atom. The Hall–Kier alpha value is -7.86. The zero-order valence-electron chi connectivity index (χ0n) is 41.7.